The predicted octanol–water partition coefficient (Wildman–Crippen LogP) is 2.71. The smallest absolute Gasteiger partial charge is 0.0613 e. The van der Waals surface area contributed by atoms with Gasteiger partial charge in [-0.2, -0.15) is 0 Å². The molecule has 2 atom stereocenters. The summed E-state index contributed by atoms with van der Waals surface area (Å²) in [6.07, 6.45) is 7.71. The van der Waals surface area contributed by atoms with E-state index in [1.165, 1.54) is 38.5 Å². The average molecular weight is 213 g/mol. The molecule has 0 heterocycles. The van der Waals surface area contributed by atoms with Crippen LogP contribution in [-0.4, -0.2) is 23.3 Å². The van der Waals surface area contributed by atoms with Gasteiger partial charge in [-0.25, -0.2) is 0 Å². The van der Waals surface area contributed by atoms with E-state index in [0.717, 1.165) is 0 Å². The number of aliphatic hydroxyl groups excluding tert-OH is 1. The zero-order valence-corrected chi connectivity index (χ0v) is 10.6. The summed E-state index contributed by atoms with van der Waals surface area (Å²) >= 11 is 0. The van der Waals surface area contributed by atoms with Crippen LogP contribution in [-0.2, 0) is 0 Å². The molecule has 0 aromatic heterocycles. The molecule has 0 aromatic carbocycles. The fraction of sp³-hybridized carbons (Fsp3) is 1.00. The Hall–Kier alpha value is -0.0800. The summed E-state index contributed by atoms with van der Waals surface area (Å²) in [5.74, 6) is 0.705. The molecule has 1 fully saturated rings. The second-order valence-corrected chi connectivity index (χ2v) is 5.39. The number of aliphatic hydroxyl groups is 1. The van der Waals surface area contributed by atoms with E-state index in [-0.39, 0.29) is 12.1 Å². The molecular formula is C13H27NO. The molecule has 1 aliphatic rings. The third kappa shape index (κ3) is 4.12. The first-order valence-electron chi connectivity index (χ1n) is 6.51. The van der Waals surface area contributed by atoms with Crippen LogP contribution in [0.3, 0.4) is 0 Å². The van der Waals surface area contributed by atoms with E-state index >= 15 is 0 Å². The van der Waals surface area contributed by atoms with Gasteiger partial charge in [0.1, 0.15) is 0 Å². The number of rotatable bonds is 8. The van der Waals surface area contributed by atoms with E-state index in [1.54, 1.807) is 0 Å². The highest BCUT2D eigenvalue weighted by atomic mass is 16.3. The van der Waals surface area contributed by atoms with E-state index in [0.29, 0.717) is 12.0 Å². The minimum atomic E-state index is -0.0222. The lowest BCUT2D eigenvalue weighted by molar-refractivity contribution is 0.141. The highest BCUT2D eigenvalue weighted by Gasteiger charge is 2.41. The van der Waals surface area contributed by atoms with E-state index in [4.69, 9.17) is 0 Å². The van der Waals surface area contributed by atoms with E-state index < -0.39 is 0 Å². The maximum atomic E-state index is 9.45. The van der Waals surface area contributed by atoms with Crippen LogP contribution >= 0.6 is 0 Å². The van der Waals surface area contributed by atoms with Gasteiger partial charge in [-0.3, -0.25) is 0 Å². The normalized spacial score (nSPS) is 22.4. The minimum Gasteiger partial charge on any atom is -0.394 e. The number of hydrogen-bond donors (Lipinski definition) is 2. The molecule has 15 heavy (non-hydrogen) atoms. The SMILES string of the molecule is CCCCCC(C)NC(C)(CO)C1CC1. The van der Waals surface area contributed by atoms with Crippen molar-refractivity contribution < 1.29 is 5.11 Å². The van der Waals surface area contributed by atoms with Gasteiger partial charge in [0.05, 0.1) is 6.61 Å². The van der Waals surface area contributed by atoms with Crippen molar-refractivity contribution in [2.45, 2.75) is 70.9 Å². The first-order chi connectivity index (χ1) is 7.12. The topological polar surface area (TPSA) is 32.3 Å². The Labute approximate surface area is 94.5 Å². The average Bonchev–Trinajstić information content (AvgIpc) is 3.01. The van der Waals surface area contributed by atoms with Crippen molar-refractivity contribution in [2.24, 2.45) is 5.92 Å². The van der Waals surface area contributed by atoms with Crippen LogP contribution in [0.25, 0.3) is 0 Å². The fourth-order valence-corrected chi connectivity index (χ4v) is 2.35. The Morgan fingerprint density at radius 3 is 2.53 bits per heavy atom. The van der Waals surface area contributed by atoms with Crippen molar-refractivity contribution in [1.29, 1.82) is 0 Å². The predicted molar refractivity (Wildman–Crippen MR) is 65.0 cm³/mol. The molecule has 0 saturated heterocycles. The summed E-state index contributed by atoms with van der Waals surface area (Å²) in [6.45, 7) is 6.92. The van der Waals surface area contributed by atoms with Crippen LogP contribution in [0.15, 0.2) is 0 Å². The van der Waals surface area contributed by atoms with Crippen LogP contribution in [0.4, 0.5) is 0 Å². The lowest BCUT2D eigenvalue weighted by Crippen LogP contribution is -2.51. The van der Waals surface area contributed by atoms with Crippen molar-refractivity contribution in [3.8, 4) is 0 Å². The Bertz CT molecular complexity index is 179. The van der Waals surface area contributed by atoms with Gasteiger partial charge in [-0.05, 0) is 39.0 Å². The van der Waals surface area contributed by atoms with Crippen molar-refractivity contribution >= 4 is 0 Å². The quantitative estimate of drug-likeness (QED) is 0.608. The van der Waals surface area contributed by atoms with Crippen molar-refractivity contribution in [2.75, 3.05) is 6.61 Å². The van der Waals surface area contributed by atoms with Crippen LogP contribution < -0.4 is 5.32 Å². The highest BCUT2D eigenvalue weighted by molar-refractivity contribution is 4.98. The maximum Gasteiger partial charge on any atom is 0.0613 e. The first-order valence-corrected chi connectivity index (χ1v) is 6.51. The van der Waals surface area contributed by atoms with Gasteiger partial charge in [0.15, 0.2) is 0 Å². The Balaban J connectivity index is 2.24. The Morgan fingerprint density at radius 1 is 1.40 bits per heavy atom. The van der Waals surface area contributed by atoms with Gasteiger partial charge in [0, 0.05) is 11.6 Å². The molecule has 2 heteroatoms. The van der Waals surface area contributed by atoms with Crippen LogP contribution in [0, 0.1) is 5.92 Å². The van der Waals surface area contributed by atoms with Crippen LogP contribution in [0.5, 0.6) is 0 Å². The molecule has 0 aromatic rings. The number of unbranched alkanes of at least 4 members (excludes halogenated alkanes) is 2. The molecule has 1 saturated carbocycles. The van der Waals surface area contributed by atoms with Crippen molar-refractivity contribution in [3.05, 3.63) is 0 Å². The third-order valence-corrected chi connectivity index (χ3v) is 3.62. The van der Waals surface area contributed by atoms with E-state index in [1.807, 2.05) is 0 Å². The molecule has 0 radical (unpaired) electrons. The maximum absolute atomic E-state index is 9.45. The van der Waals surface area contributed by atoms with E-state index in [9.17, 15) is 5.11 Å². The second kappa shape index (κ2) is 5.86. The summed E-state index contributed by atoms with van der Waals surface area (Å²) in [6, 6.07) is 0.536. The summed E-state index contributed by atoms with van der Waals surface area (Å²) in [4.78, 5) is 0. The van der Waals surface area contributed by atoms with Gasteiger partial charge in [-0.1, -0.05) is 26.2 Å². The molecule has 1 aliphatic carbocycles. The molecule has 1 rings (SSSR count). The summed E-state index contributed by atoms with van der Waals surface area (Å²) < 4.78 is 0. The third-order valence-electron chi connectivity index (χ3n) is 3.62. The lowest BCUT2D eigenvalue weighted by Gasteiger charge is -2.32. The molecule has 0 spiro atoms. The molecule has 0 bridgehead atoms. The fourth-order valence-electron chi connectivity index (χ4n) is 2.35. The second-order valence-electron chi connectivity index (χ2n) is 5.39. The number of nitrogens with one attached hydrogen (secondary N) is 1. The molecule has 2 N–H and O–H groups in total. The van der Waals surface area contributed by atoms with Gasteiger partial charge in [0.25, 0.3) is 0 Å². The molecule has 0 aliphatic heterocycles. The molecule has 90 valence electrons. The van der Waals surface area contributed by atoms with Gasteiger partial charge < -0.3 is 10.4 Å². The highest BCUT2D eigenvalue weighted by Crippen LogP contribution is 2.39. The molecule has 2 unspecified atom stereocenters. The van der Waals surface area contributed by atoms with Crippen molar-refractivity contribution in [3.63, 3.8) is 0 Å². The summed E-state index contributed by atoms with van der Waals surface area (Å²) in [5, 5.41) is 13.1. The zero-order valence-electron chi connectivity index (χ0n) is 10.6. The van der Waals surface area contributed by atoms with Crippen LogP contribution in [0.1, 0.15) is 59.3 Å². The standard InChI is InChI=1S/C13H27NO/c1-4-5-6-7-11(2)14-13(3,10-15)12-8-9-12/h11-12,14-15H,4-10H2,1-3H3. The molecule has 0 amide bonds. The Morgan fingerprint density at radius 2 is 2.07 bits per heavy atom. The summed E-state index contributed by atoms with van der Waals surface area (Å²) in [5.41, 5.74) is -0.0222. The van der Waals surface area contributed by atoms with Gasteiger partial charge >= 0.3 is 0 Å². The first kappa shape index (κ1) is 13.0. The van der Waals surface area contributed by atoms with Crippen molar-refractivity contribution in [1.82, 2.24) is 5.32 Å². The van der Waals surface area contributed by atoms with Gasteiger partial charge in [0.2, 0.25) is 0 Å². The monoisotopic (exact) mass is 213 g/mol. The van der Waals surface area contributed by atoms with E-state index in [2.05, 4.69) is 26.1 Å². The zero-order chi connectivity index (χ0) is 11.3. The number of hydrogen-bond acceptors (Lipinski definition) is 2. The summed E-state index contributed by atoms with van der Waals surface area (Å²) in [7, 11) is 0. The molecular weight excluding hydrogens is 186 g/mol. The Kier molecular flexibility index (Phi) is 5.07. The lowest BCUT2D eigenvalue weighted by atomic mass is 9.95. The van der Waals surface area contributed by atoms with Crippen LogP contribution in [0.2, 0.25) is 0 Å². The molecule has 2 nitrogen and oxygen atoms in total. The minimum absolute atomic E-state index is 0.0222. The largest absolute Gasteiger partial charge is 0.394 e. The van der Waals surface area contributed by atoms with Gasteiger partial charge in [-0.15, -0.1) is 0 Å².